The molecule has 11 heteroatoms. The lowest BCUT2D eigenvalue weighted by Crippen LogP contribution is -2.28. The van der Waals surface area contributed by atoms with E-state index in [0.717, 1.165) is 27.7 Å². The van der Waals surface area contributed by atoms with Gasteiger partial charge in [-0.05, 0) is 48.9 Å². The van der Waals surface area contributed by atoms with Crippen molar-refractivity contribution in [1.82, 2.24) is 20.2 Å². The minimum absolute atomic E-state index is 0.105. The number of ether oxygens (including phenoxy) is 1. The van der Waals surface area contributed by atoms with Gasteiger partial charge in [0.25, 0.3) is 11.1 Å². The van der Waals surface area contributed by atoms with Crippen LogP contribution >= 0.6 is 23.1 Å². The smallest absolute Gasteiger partial charge is 0.277 e. The maximum Gasteiger partial charge on any atom is 0.277 e. The summed E-state index contributed by atoms with van der Waals surface area (Å²) in [6.07, 6.45) is 2.62. The van der Waals surface area contributed by atoms with Crippen LogP contribution in [0.25, 0.3) is 0 Å². The molecule has 4 aromatic rings. The van der Waals surface area contributed by atoms with Crippen molar-refractivity contribution in [2.75, 3.05) is 12.9 Å². The van der Waals surface area contributed by atoms with Gasteiger partial charge in [0.15, 0.2) is 0 Å². The van der Waals surface area contributed by atoms with E-state index < -0.39 is 0 Å². The van der Waals surface area contributed by atoms with Crippen molar-refractivity contribution in [3.63, 3.8) is 0 Å². The summed E-state index contributed by atoms with van der Waals surface area (Å²) in [7, 11) is 1.62. The summed E-state index contributed by atoms with van der Waals surface area (Å²) in [6.45, 7) is 1.95. The van der Waals surface area contributed by atoms with Gasteiger partial charge in [-0.25, -0.2) is 9.99 Å². The molecule has 0 spiro atoms. The number of carbonyl (C=O) groups excluding carboxylic acids is 1. The summed E-state index contributed by atoms with van der Waals surface area (Å²) in [5.74, 6) is 1.84. The second kappa shape index (κ2) is 9.82. The van der Waals surface area contributed by atoms with Crippen molar-refractivity contribution >= 4 is 34.7 Å². The van der Waals surface area contributed by atoms with Crippen molar-refractivity contribution in [3.05, 3.63) is 76.0 Å². The number of methoxy groups -OCH3 is 1. The number of nitrogens with zero attached hydrogens (tertiary/aromatic N) is 5. The summed E-state index contributed by atoms with van der Waals surface area (Å²) >= 11 is 2.76. The third kappa shape index (κ3) is 4.90. The number of aryl methyl sites for hydroxylation is 1. The molecule has 3 aromatic heterocycles. The van der Waals surface area contributed by atoms with Crippen LogP contribution in [0.15, 0.2) is 67.2 Å². The number of aromatic nitrogens is 3. The molecule has 1 atom stereocenters. The molecule has 0 fully saturated rings. The molecule has 0 unspecified atom stereocenters. The van der Waals surface area contributed by atoms with Gasteiger partial charge < -0.3 is 13.6 Å². The molecule has 0 saturated carbocycles. The Bertz CT molecular complexity index is 1300. The molecule has 1 aliphatic rings. The average molecular weight is 496 g/mol. The van der Waals surface area contributed by atoms with Crippen LogP contribution in [-0.4, -0.2) is 44.7 Å². The lowest BCUT2D eigenvalue weighted by atomic mass is 10.0. The molecule has 1 amide bonds. The second-order valence-corrected chi connectivity index (χ2v) is 9.52. The van der Waals surface area contributed by atoms with Crippen molar-refractivity contribution < 1.29 is 18.4 Å². The van der Waals surface area contributed by atoms with Gasteiger partial charge in [0.1, 0.15) is 17.6 Å². The van der Waals surface area contributed by atoms with E-state index in [1.807, 2.05) is 48.7 Å². The predicted molar refractivity (Wildman–Crippen MR) is 127 cm³/mol. The number of benzene rings is 1. The fourth-order valence-corrected chi connectivity index (χ4v) is 4.85. The van der Waals surface area contributed by atoms with Gasteiger partial charge in [0, 0.05) is 11.8 Å². The van der Waals surface area contributed by atoms with Gasteiger partial charge in [0.05, 0.1) is 42.0 Å². The SMILES string of the molecule is COc1ccc(C2=NN(C(=O)CSc3nnc(Cc4csc(C)n4)o3)[C@H](c3ccco3)C2)cc1. The maximum absolute atomic E-state index is 13.1. The van der Waals surface area contributed by atoms with Gasteiger partial charge >= 0.3 is 0 Å². The number of hydrogen-bond acceptors (Lipinski definition) is 10. The average Bonchev–Trinajstić information content (AvgIpc) is 3.65. The zero-order valence-corrected chi connectivity index (χ0v) is 20.1. The Morgan fingerprint density at radius 1 is 1.26 bits per heavy atom. The standard InChI is InChI=1S/C23H21N5O4S2/c1-14-24-16(12-33-14)10-21-25-26-23(32-21)34-13-22(29)28-19(20-4-3-9-31-20)11-18(27-28)15-5-7-17(30-2)8-6-15/h3-9,12,19H,10-11,13H2,1-2H3/t19-/m0/s1. The highest BCUT2D eigenvalue weighted by molar-refractivity contribution is 7.99. The first-order valence-corrected chi connectivity index (χ1v) is 12.4. The molecule has 174 valence electrons. The number of carbonyl (C=O) groups is 1. The van der Waals surface area contributed by atoms with Gasteiger partial charge in [-0.15, -0.1) is 21.5 Å². The molecule has 0 aliphatic carbocycles. The van der Waals surface area contributed by atoms with E-state index in [1.165, 1.54) is 16.8 Å². The molecular weight excluding hydrogens is 474 g/mol. The molecule has 0 radical (unpaired) electrons. The van der Waals surface area contributed by atoms with E-state index in [0.29, 0.717) is 29.7 Å². The summed E-state index contributed by atoms with van der Waals surface area (Å²) in [6, 6.07) is 11.0. The maximum atomic E-state index is 13.1. The van der Waals surface area contributed by atoms with E-state index in [2.05, 4.69) is 20.3 Å². The molecule has 0 saturated heterocycles. The predicted octanol–water partition coefficient (Wildman–Crippen LogP) is 4.50. The topological polar surface area (TPSA) is 107 Å². The van der Waals surface area contributed by atoms with Crippen LogP contribution in [0.2, 0.25) is 0 Å². The second-order valence-electron chi connectivity index (χ2n) is 7.53. The van der Waals surface area contributed by atoms with Gasteiger partial charge in [-0.1, -0.05) is 11.8 Å². The lowest BCUT2D eigenvalue weighted by Gasteiger charge is -2.19. The number of thioether (sulfide) groups is 1. The van der Waals surface area contributed by atoms with Crippen LogP contribution in [0.1, 0.15) is 40.4 Å². The fraction of sp³-hybridized carbons (Fsp3) is 0.261. The molecule has 4 heterocycles. The van der Waals surface area contributed by atoms with Crippen molar-refractivity contribution in [2.45, 2.75) is 31.0 Å². The van der Waals surface area contributed by atoms with Gasteiger partial charge in [0.2, 0.25) is 5.89 Å². The first kappa shape index (κ1) is 22.4. The highest BCUT2D eigenvalue weighted by Gasteiger charge is 2.35. The highest BCUT2D eigenvalue weighted by Crippen LogP contribution is 2.34. The zero-order chi connectivity index (χ0) is 23.5. The van der Waals surface area contributed by atoms with Crippen LogP contribution in [0.5, 0.6) is 5.75 Å². The van der Waals surface area contributed by atoms with Crippen LogP contribution in [-0.2, 0) is 11.2 Å². The van der Waals surface area contributed by atoms with E-state index >= 15 is 0 Å². The van der Waals surface area contributed by atoms with Crippen molar-refractivity contribution in [3.8, 4) is 5.75 Å². The minimum Gasteiger partial charge on any atom is -0.497 e. The number of thiazole rings is 1. The van der Waals surface area contributed by atoms with E-state index in [1.54, 1.807) is 24.7 Å². The molecule has 9 nitrogen and oxygen atoms in total. The Hall–Kier alpha value is -3.44. The number of hydrogen-bond donors (Lipinski definition) is 0. The fourth-order valence-electron chi connectivity index (χ4n) is 3.60. The Morgan fingerprint density at radius 3 is 2.82 bits per heavy atom. The summed E-state index contributed by atoms with van der Waals surface area (Å²) < 4.78 is 16.5. The quantitative estimate of drug-likeness (QED) is 0.329. The normalized spacial score (nSPS) is 15.5. The summed E-state index contributed by atoms with van der Waals surface area (Å²) in [5.41, 5.74) is 2.62. The van der Waals surface area contributed by atoms with E-state index in [9.17, 15) is 4.79 Å². The first-order valence-electron chi connectivity index (χ1n) is 10.5. The Balaban J connectivity index is 1.28. The zero-order valence-electron chi connectivity index (χ0n) is 18.5. The van der Waals surface area contributed by atoms with Crippen LogP contribution in [0, 0.1) is 6.92 Å². The number of amides is 1. The minimum atomic E-state index is -0.314. The van der Waals surface area contributed by atoms with Crippen LogP contribution in [0.3, 0.4) is 0 Å². The molecule has 1 aromatic carbocycles. The van der Waals surface area contributed by atoms with Gasteiger partial charge in [-0.2, -0.15) is 5.10 Å². The monoisotopic (exact) mass is 495 g/mol. The molecule has 0 bridgehead atoms. The largest absolute Gasteiger partial charge is 0.497 e. The molecular formula is C23H21N5O4S2. The van der Waals surface area contributed by atoms with Crippen LogP contribution < -0.4 is 4.74 Å². The molecule has 0 N–H and O–H groups in total. The summed E-state index contributed by atoms with van der Waals surface area (Å²) in [4.78, 5) is 17.5. The van der Waals surface area contributed by atoms with E-state index in [4.69, 9.17) is 13.6 Å². The molecule has 34 heavy (non-hydrogen) atoms. The Labute approximate surface area is 203 Å². The van der Waals surface area contributed by atoms with Crippen molar-refractivity contribution in [1.29, 1.82) is 0 Å². The number of hydrazone groups is 1. The van der Waals surface area contributed by atoms with Gasteiger partial charge in [-0.3, -0.25) is 4.79 Å². The lowest BCUT2D eigenvalue weighted by molar-refractivity contribution is -0.130. The molecule has 1 aliphatic heterocycles. The Kier molecular flexibility index (Phi) is 6.45. The first-order chi connectivity index (χ1) is 16.6. The number of furan rings is 1. The van der Waals surface area contributed by atoms with Crippen LogP contribution in [0.4, 0.5) is 0 Å². The number of rotatable bonds is 8. The third-order valence-corrected chi connectivity index (χ3v) is 6.85. The third-order valence-electron chi connectivity index (χ3n) is 5.23. The molecule has 5 rings (SSSR count). The van der Waals surface area contributed by atoms with E-state index in [-0.39, 0.29) is 17.7 Å². The highest BCUT2D eigenvalue weighted by atomic mass is 32.2. The summed E-state index contributed by atoms with van der Waals surface area (Å²) in [5, 5.41) is 17.5. The van der Waals surface area contributed by atoms with Crippen molar-refractivity contribution in [2.24, 2.45) is 5.10 Å². The Morgan fingerprint density at radius 2 is 2.12 bits per heavy atom.